The van der Waals surface area contributed by atoms with E-state index in [4.69, 9.17) is 22.6 Å². The minimum absolute atomic E-state index is 0.157. The first-order valence-corrected chi connectivity index (χ1v) is 4.79. The monoisotopic (exact) mass is 231 g/mol. The lowest BCUT2D eigenvalue weighted by Crippen LogP contribution is -2.12. The van der Waals surface area contributed by atoms with Gasteiger partial charge in [0.25, 0.3) is 5.91 Å². The molecule has 78 valence electrons. The Hall–Kier alpha value is -2.12. The molecule has 0 spiro atoms. The standard InChI is InChI=1S/C11H6ClN3O/c12-10-7-3-6(4-13)1-2-9(7)15-5-8(10)11(14)16/h1-3,5H,(H2,14,16). The van der Waals surface area contributed by atoms with Crippen molar-refractivity contribution in [2.45, 2.75) is 0 Å². The van der Waals surface area contributed by atoms with E-state index in [0.717, 1.165) is 0 Å². The molecule has 16 heavy (non-hydrogen) atoms. The van der Waals surface area contributed by atoms with Crippen LogP contribution in [0.1, 0.15) is 15.9 Å². The van der Waals surface area contributed by atoms with Gasteiger partial charge in [0.15, 0.2) is 0 Å². The molecule has 0 aliphatic carbocycles. The third kappa shape index (κ3) is 1.58. The molecule has 0 bridgehead atoms. The Morgan fingerprint density at radius 3 is 2.88 bits per heavy atom. The van der Waals surface area contributed by atoms with Crippen LogP contribution in [0.15, 0.2) is 24.4 Å². The maximum Gasteiger partial charge on any atom is 0.251 e. The summed E-state index contributed by atoms with van der Waals surface area (Å²) in [5.41, 5.74) is 6.38. The van der Waals surface area contributed by atoms with Crippen molar-refractivity contribution in [3.8, 4) is 6.07 Å². The van der Waals surface area contributed by atoms with Crippen LogP contribution in [0.2, 0.25) is 5.02 Å². The number of nitrogens with zero attached hydrogens (tertiary/aromatic N) is 2. The Labute approximate surface area is 96.3 Å². The summed E-state index contributed by atoms with van der Waals surface area (Å²) in [4.78, 5) is 15.1. The Kier molecular flexibility index (Phi) is 2.47. The molecule has 4 nitrogen and oxygen atoms in total. The summed E-state index contributed by atoms with van der Waals surface area (Å²) in [5, 5.41) is 9.55. The van der Waals surface area contributed by atoms with E-state index in [1.807, 2.05) is 6.07 Å². The first-order valence-electron chi connectivity index (χ1n) is 4.41. The van der Waals surface area contributed by atoms with Gasteiger partial charge in [-0.15, -0.1) is 0 Å². The first-order chi connectivity index (χ1) is 7.63. The molecule has 1 aromatic heterocycles. The van der Waals surface area contributed by atoms with E-state index in [2.05, 4.69) is 4.98 Å². The number of carbonyl (C=O) groups is 1. The van der Waals surface area contributed by atoms with Crippen LogP contribution in [-0.4, -0.2) is 10.9 Å². The van der Waals surface area contributed by atoms with E-state index in [1.165, 1.54) is 6.20 Å². The molecule has 2 rings (SSSR count). The van der Waals surface area contributed by atoms with Gasteiger partial charge in [0, 0.05) is 11.6 Å². The summed E-state index contributed by atoms with van der Waals surface area (Å²) in [5.74, 6) is -0.637. The third-order valence-corrected chi connectivity index (χ3v) is 2.60. The zero-order chi connectivity index (χ0) is 11.7. The van der Waals surface area contributed by atoms with Crippen LogP contribution in [-0.2, 0) is 0 Å². The van der Waals surface area contributed by atoms with Gasteiger partial charge in [-0.05, 0) is 18.2 Å². The molecule has 0 unspecified atom stereocenters. The highest BCUT2D eigenvalue weighted by molar-refractivity contribution is 6.38. The SMILES string of the molecule is N#Cc1ccc2ncc(C(N)=O)c(Cl)c2c1. The van der Waals surface area contributed by atoms with Gasteiger partial charge in [-0.3, -0.25) is 9.78 Å². The lowest BCUT2D eigenvalue weighted by molar-refractivity contribution is 0.100. The number of halogens is 1. The number of hydrogen-bond acceptors (Lipinski definition) is 3. The molecule has 0 aliphatic heterocycles. The third-order valence-electron chi connectivity index (χ3n) is 2.20. The van der Waals surface area contributed by atoms with E-state index in [9.17, 15) is 4.79 Å². The summed E-state index contributed by atoms with van der Waals surface area (Å²) >= 11 is 6.02. The van der Waals surface area contributed by atoms with Crippen molar-refractivity contribution in [1.29, 1.82) is 5.26 Å². The minimum atomic E-state index is -0.637. The van der Waals surface area contributed by atoms with Crippen LogP contribution in [0.4, 0.5) is 0 Å². The van der Waals surface area contributed by atoms with E-state index in [1.54, 1.807) is 18.2 Å². The van der Waals surface area contributed by atoms with Crippen molar-refractivity contribution in [2.24, 2.45) is 5.73 Å². The number of amides is 1. The van der Waals surface area contributed by atoms with Crippen LogP contribution in [0.5, 0.6) is 0 Å². The molecule has 5 heteroatoms. The van der Waals surface area contributed by atoms with Gasteiger partial charge in [-0.1, -0.05) is 11.6 Å². The lowest BCUT2D eigenvalue weighted by atomic mass is 10.1. The topological polar surface area (TPSA) is 79.8 Å². The van der Waals surface area contributed by atoms with Crippen molar-refractivity contribution < 1.29 is 4.79 Å². The Bertz CT molecular complexity index is 631. The zero-order valence-corrected chi connectivity index (χ0v) is 8.82. The second-order valence-electron chi connectivity index (χ2n) is 3.19. The van der Waals surface area contributed by atoms with E-state index < -0.39 is 5.91 Å². The molecule has 0 saturated heterocycles. The van der Waals surface area contributed by atoms with Crippen molar-refractivity contribution >= 4 is 28.4 Å². The molecule has 2 aromatic rings. The molecule has 1 aromatic carbocycles. The quantitative estimate of drug-likeness (QED) is 0.814. The number of rotatable bonds is 1. The largest absolute Gasteiger partial charge is 0.366 e. The number of carbonyl (C=O) groups excluding carboxylic acids is 1. The highest BCUT2D eigenvalue weighted by Crippen LogP contribution is 2.26. The van der Waals surface area contributed by atoms with E-state index in [-0.39, 0.29) is 10.6 Å². The predicted molar refractivity (Wildman–Crippen MR) is 60.0 cm³/mol. The van der Waals surface area contributed by atoms with Crippen LogP contribution >= 0.6 is 11.6 Å². The fraction of sp³-hybridized carbons (Fsp3) is 0. The minimum Gasteiger partial charge on any atom is -0.366 e. The second-order valence-corrected chi connectivity index (χ2v) is 3.57. The number of hydrogen-bond donors (Lipinski definition) is 1. The van der Waals surface area contributed by atoms with Gasteiger partial charge < -0.3 is 5.73 Å². The highest BCUT2D eigenvalue weighted by Gasteiger charge is 2.11. The molecular formula is C11H6ClN3O. The molecular weight excluding hydrogens is 226 g/mol. The summed E-state index contributed by atoms with van der Waals surface area (Å²) < 4.78 is 0. The number of benzene rings is 1. The maximum absolute atomic E-state index is 11.1. The molecule has 0 saturated carbocycles. The number of fused-ring (bicyclic) bond motifs is 1. The first kappa shape index (κ1) is 10.4. The molecule has 0 fully saturated rings. The van der Waals surface area contributed by atoms with Gasteiger partial charge in [-0.2, -0.15) is 5.26 Å². The Balaban J connectivity index is 2.82. The molecule has 1 amide bonds. The Morgan fingerprint density at radius 2 is 2.25 bits per heavy atom. The summed E-state index contributed by atoms with van der Waals surface area (Å²) in [7, 11) is 0. The molecule has 0 atom stereocenters. The normalized spacial score (nSPS) is 10.0. The van der Waals surface area contributed by atoms with E-state index in [0.29, 0.717) is 16.5 Å². The van der Waals surface area contributed by atoms with Crippen LogP contribution in [0.3, 0.4) is 0 Å². The van der Waals surface area contributed by atoms with Gasteiger partial charge in [0.2, 0.25) is 0 Å². The molecule has 2 N–H and O–H groups in total. The van der Waals surface area contributed by atoms with E-state index >= 15 is 0 Å². The summed E-state index contributed by atoms with van der Waals surface area (Å²) in [6, 6.07) is 6.88. The smallest absolute Gasteiger partial charge is 0.251 e. The fourth-order valence-corrected chi connectivity index (χ4v) is 1.69. The average Bonchev–Trinajstić information content (AvgIpc) is 2.28. The van der Waals surface area contributed by atoms with Gasteiger partial charge in [0.1, 0.15) is 0 Å². The van der Waals surface area contributed by atoms with Crippen molar-refractivity contribution in [1.82, 2.24) is 4.98 Å². The fourth-order valence-electron chi connectivity index (χ4n) is 1.40. The van der Waals surface area contributed by atoms with Crippen molar-refractivity contribution in [3.05, 3.63) is 40.5 Å². The maximum atomic E-state index is 11.1. The van der Waals surface area contributed by atoms with Crippen LogP contribution in [0.25, 0.3) is 10.9 Å². The summed E-state index contributed by atoms with van der Waals surface area (Å²) in [6.45, 7) is 0. The number of pyridine rings is 1. The van der Waals surface area contributed by atoms with Gasteiger partial charge in [0.05, 0.1) is 27.7 Å². The molecule has 1 heterocycles. The average molecular weight is 232 g/mol. The van der Waals surface area contributed by atoms with Crippen molar-refractivity contribution in [3.63, 3.8) is 0 Å². The molecule has 0 aliphatic rings. The lowest BCUT2D eigenvalue weighted by Gasteiger charge is -2.03. The Morgan fingerprint density at radius 1 is 1.50 bits per heavy atom. The second kappa shape index (κ2) is 3.80. The number of primary amides is 1. The predicted octanol–water partition coefficient (Wildman–Crippen LogP) is 1.86. The zero-order valence-electron chi connectivity index (χ0n) is 8.07. The van der Waals surface area contributed by atoms with Crippen LogP contribution in [0, 0.1) is 11.3 Å². The van der Waals surface area contributed by atoms with Gasteiger partial charge >= 0.3 is 0 Å². The van der Waals surface area contributed by atoms with Crippen molar-refractivity contribution in [2.75, 3.05) is 0 Å². The number of nitrogens with two attached hydrogens (primary N) is 1. The number of aromatic nitrogens is 1. The van der Waals surface area contributed by atoms with Gasteiger partial charge in [-0.25, -0.2) is 0 Å². The number of nitriles is 1. The molecule has 0 radical (unpaired) electrons. The highest BCUT2D eigenvalue weighted by atomic mass is 35.5. The van der Waals surface area contributed by atoms with Crippen LogP contribution < -0.4 is 5.73 Å². The summed E-state index contributed by atoms with van der Waals surface area (Å²) in [6.07, 6.45) is 1.33.